The van der Waals surface area contributed by atoms with Crippen LogP contribution in [0.15, 0.2) is 59.5 Å². The third-order valence-electron chi connectivity index (χ3n) is 4.66. The molecule has 2 heterocycles. The smallest absolute Gasteiger partial charge is 0.240 e. The molecule has 0 unspecified atom stereocenters. The average molecular weight is 490 g/mol. The van der Waals surface area contributed by atoms with E-state index in [4.69, 9.17) is 25.8 Å². The van der Waals surface area contributed by atoms with Crippen molar-refractivity contribution in [2.24, 2.45) is 0 Å². The first-order chi connectivity index (χ1) is 15.9. The normalized spacial score (nSPS) is 11.5. The summed E-state index contributed by atoms with van der Waals surface area (Å²) in [4.78, 5) is 0.119. The molecule has 0 aliphatic rings. The molecule has 4 rings (SSSR count). The summed E-state index contributed by atoms with van der Waals surface area (Å²) in [7, 11) is -0.551. The largest absolute Gasteiger partial charge is 0.497 e. The lowest BCUT2D eigenvalue weighted by molar-refractivity contribution is 0.306. The number of nitrogens with one attached hydrogen (secondary N) is 1. The standard InChI is InChI=1S/C21H20ClN5O5S/c1-30-15-5-8-17(18(13-15)31-2)21-25-24-19-9-10-20(26-27(19)21)32-12-11-23-33(28,29)16-6-3-14(22)4-7-16/h3-10,13,23H,11-12H2,1-2H3. The zero-order chi connectivity index (χ0) is 23.4. The average Bonchev–Trinajstić information content (AvgIpc) is 3.24. The van der Waals surface area contributed by atoms with E-state index in [1.807, 2.05) is 0 Å². The minimum atomic E-state index is -3.67. The van der Waals surface area contributed by atoms with Crippen LogP contribution in [0.2, 0.25) is 5.02 Å². The number of nitrogens with zero attached hydrogens (tertiary/aromatic N) is 4. The first kappa shape index (κ1) is 22.8. The molecule has 33 heavy (non-hydrogen) atoms. The SMILES string of the molecule is COc1ccc(-c2nnc3ccc(OCCNS(=O)(=O)c4ccc(Cl)cc4)nn23)c(OC)c1. The lowest BCUT2D eigenvalue weighted by Gasteiger charge is -2.10. The fraction of sp³-hybridized carbons (Fsp3) is 0.190. The van der Waals surface area contributed by atoms with Crippen LogP contribution in [-0.2, 0) is 10.0 Å². The highest BCUT2D eigenvalue weighted by Crippen LogP contribution is 2.32. The number of benzene rings is 2. The second-order valence-electron chi connectivity index (χ2n) is 6.73. The molecule has 0 saturated carbocycles. The van der Waals surface area contributed by atoms with E-state index in [2.05, 4.69) is 20.0 Å². The summed E-state index contributed by atoms with van der Waals surface area (Å²) in [5.74, 6) is 1.93. The molecule has 2 aromatic heterocycles. The lowest BCUT2D eigenvalue weighted by atomic mass is 10.2. The number of rotatable bonds is 9. The molecule has 0 saturated heterocycles. The van der Waals surface area contributed by atoms with Crippen LogP contribution in [0.25, 0.3) is 17.0 Å². The van der Waals surface area contributed by atoms with Crippen molar-refractivity contribution >= 4 is 27.3 Å². The molecule has 12 heteroatoms. The van der Waals surface area contributed by atoms with Crippen molar-refractivity contribution in [1.29, 1.82) is 0 Å². The Balaban J connectivity index is 1.47. The van der Waals surface area contributed by atoms with Gasteiger partial charge in [0.05, 0.1) is 24.7 Å². The Hall–Kier alpha value is -3.41. The molecule has 10 nitrogen and oxygen atoms in total. The van der Waals surface area contributed by atoms with Gasteiger partial charge < -0.3 is 14.2 Å². The van der Waals surface area contributed by atoms with Crippen molar-refractivity contribution in [3.05, 3.63) is 59.6 Å². The number of fused-ring (bicyclic) bond motifs is 1. The Bertz CT molecular complexity index is 1380. The third kappa shape index (κ3) is 5.00. The number of hydrogen-bond acceptors (Lipinski definition) is 8. The fourth-order valence-corrected chi connectivity index (χ4v) is 4.17. The Morgan fingerprint density at radius 1 is 1.00 bits per heavy atom. The highest BCUT2D eigenvalue weighted by molar-refractivity contribution is 7.89. The number of halogens is 1. The zero-order valence-electron chi connectivity index (χ0n) is 17.7. The van der Waals surface area contributed by atoms with Gasteiger partial charge in [0.15, 0.2) is 11.5 Å². The second-order valence-corrected chi connectivity index (χ2v) is 8.93. The summed E-state index contributed by atoms with van der Waals surface area (Å²) in [5.41, 5.74) is 1.19. The zero-order valence-corrected chi connectivity index (χ0v) is 19.3. The maximum absolute atomic E-state index is 12.3. The summed E-state index contributed by atoms with van der Waals surface area (Å²) in [6.45, 7) is 0.112. The van der Waals surface area contributed by atoms with Crippen molar-refractivity contribution in [1.82, 2.24) is 24.5 Å². The van der Waals surface area contributed by atoms with Gasteiger partial charge in [-0.2, -0.15) is 4.52 Å². The molecular weight excluding hydrogens is 470 g/mol. The van der Waals surface area contributed by atoms with Crippen LogP contribution in [0.5, 0.6) is 17.4 Å². The molecule has 2 aromatic carbocycles. The van der Waals surface area contributed by atoms with Crippen molar-refractivity contribution in [3.8, 4) is 28.8 Å². The van der Waals surface area contributed by atoms with E-state index < -0.39 is 10.0 Å². The van der Waals surface area contributed by atoms with Gasteiger partial charge in [-0.1, -0.05) is 11.6 Å². The maximum Gasteiger partial charge on any atom is 0.240 e. The highest BCUT2D eigenvalue weighted by Gasteiger charge is 2.16. The Labute approximate surface area is 195 Å². The molecule has 0 amide bonds. The van der Waals surface area contributed by atoms with Gasteiger partial charge in [0, 0.05) is 23.7 Å². The maximum atomic E-state index is 12.3. The van der Waals surface area contributed by atoms with Crippen LogP contribution in [-0.4, -0.2) is 55.6 Å². The number of sulfonamides is 1. The first-order valence-electron chi connectivity index (χ1n) is 9.74. The molecular formula is C21H20ClN5O5S. The van der Waals surface area contributed by atoms with E-state index >= 15 is 0 Å². The second kappa shape index (κ2) is 9.61. The van der Waals surface area contributed by atoms with Crippen molar-refractivity contribution in [2.45, 2.75) is 4.90 Å². The van der Waals surface area contributed by atoms with Crippen molar-refractivity contribution in [3.63, 3.8) is 0 Å². The predicted octanol–water partition coefficient (Wildman–Crippen LogP) is 2.82. The molecule has 0 atom stereocenters. The van der Waals surface area contributed by atoms with Crippen LogP contribution in [0, 0.1) is 0 Å². The number of aromatic nitrogens is 4. The summed E-state index contributed by atoms with van der Waals surface area (Å²) < 4.78 is 45.0. The summed E-state index contributed by atoms with van der Waals surface area (Å²) >= 11 is 5.80. The Kier molecular flexibility index (Phi) is 6.63. The first-order valence-corrected chi connectivity index (χ1v) is 11.6. The quantitative estimate of drug-likeness (QED) is 0.357. The minimum absolute atomic E-state index is 0.0476. The fourth-order valence-electron chi connectivity index (χ4n) is 3.03. The molecule has 172 valence electrons. The lowest BCUT2D eigenvalue weighted by Crippen LogP contribution is -2.28. The highest BCUT2D eigenvalue weighted by atomic mass is 35.5. The van der Waals surface area contributed by atoms with Gasteiger partial charge in [-0.25, -0.2) is 13.1 Å². The van der Waals surface area contributed by atoms with E-state index in [1.54, 1.807) is 44.6 Å². The Morgan fingerprint density at radius 2 is 1.79 bits per heavy atom. The molecule has 0 bridgehead atoms. The van der Waals surface area contributed by atoms with E-state index in [9.17, 15) is 8.42 Å². The number of hydrogen-bond donors (Lipinski definition) is 1. The molecule has 4 aromatic rings. The number of methoxy groups -OCH3 is 2. The van der Waals surface area contributed by atoms with E-state index in [0.29, 0.717) is 33.6 Å². The van der Waals surface area contributed by atoms with E-state index in [0.717, 1.165) is 0 Å². The summed E-state index contributed by atoms with van der Waals surface area (Å²) in [6, 6.07) is 14.6. The molecule has 0 spiro atoms. The van der Waals surface area contributed by atoms with Gasteiger partial charge in [-0.05, 0) is 42.5 Å². The van der Waals surface area contributed by atoms with Crippen LogP contribution in [0.4, 0.5) is 0 Å². The third-order valence-corrected chi connectivity index (χ3v) is 6.38. The Morgan fingerprint density at radius 3 is 2.52 bits per heavy atom. The number of ether oxygens (including phenoxy) is 3. The van der Waals surface area contributed by atoms with E-state index in [1.165, 1.54) is 28.8 Å². The topological polar surface area (TPSA) is 117 Å². The van der Waals surface area contributed by atoms with Gasteiger partial charge in [0.25, 0.3) is 0 Å². The van der Waals surface area contributed by atoms with Gasteiger partial charge in [0.1, 0.15) is 18.1 Å². The van der Waals surface area contributed by atoms with Crippen molar-refractivity contribution in [2.75, 3.05) is 27.4 Å². The minimum Gasteiger partial charge on any atom is -0.497 e. The summed E-state index contributed by atoms with van der Waals surface area (Å²) in [6.07, 6.45) is 0. The molecule has 1 N–H and O–H groups in total. The van der Waals surface area contributed by atoms with Gasteiger partial charge in [-0.15, -0.1) is 15.3 Å². The predicted molar refractivity (Wildman–Crippen MR) is 121 cm³/mol. The molecule has 0 fully saturated rings. The monoisotopic (exact) mass is 489 g/mol. The molecule has 0 aliphatic carbocycles. The van der Waals surface area contributed by atoms with Crippen LogP contribution >= 0.6 is 11.6 Å². The van der Waals surface area contributed by atoms with E-state index in [-0.39, 0.29) is 23.9 Å². The van der Waals surface area contributed by atoms with Crippen molar-refractivity contribution < 1.29 is 22.6 Å². The van der Waals surface area contributed by atoms with Gasteiger partial charge in [-0.3, -0.25) is 0 Å². The van der Waals surface area contributed by atoms with Gasteiger partial charge in [0.2, 0.25) is 15.9 Å². The van der Waals surface area contributed by atoms with Crippen LogP contribution < -0.4 is 18.9 Å². The van der Waals surface area contributed by atoms with Crippen LogP contribution in [0.1, 0.15) is 0 Å². The summed E-state index contributed by atoms with van der Waals surface area (Å²) in [5, 5.41) is 13.2. The molecule has 0 aliphatic heterocycles. The van der Waals surface area contributed by atoms with Gasteiger partial charge >= 0.3 is 0 Å². The van der Waals surface area contributed by atoms with Crippen LogP contribution in [0.3, 0.4) is 0 Å². The molecule has 0 radical (unpaired) electrons.